The van der Waals surface area contributed by atoms with Crippen LogP contribution >= 0.6 is 11.3 Å². The molecule has 1 aromatic rings. The molecular formula is C23H35FO3S. The predicted octanol–water partition coefficient (Wildman–Crippen LogP) is 6.24. The quantitative estimate of drug-likeness (QED) is 0.454. The van der Waals surface area contributed by atoms with Crippen LogP contribution in [0.4, 0.5) is 4.39 Å². The Morgan fingerprint density at radius 3 is 2.75 bits per heavy atom. The number of aliphatic hydroxyl groups is 1. The predicted molar refractivity (Wildman–Crippen MR) is 112 cm³/mol. The topological polar surface area (TPSA) is 57.5 Å². The van der Waals surface area contributed by atoms with Gasteiger partial charge >= 0.3 is 5.97 Å². The number of hydrogen-bond acceptors (Lipinski definition) is 3. The molecule has 3 rings (SSSR count). The lowest BCUT2D eigenvalue weighted by molar-refractivity contribution is -0.0440. The molecule has 0 aliphatic heterocycles. The van der Waals surface area contributed by atoms with E-state index in [-0.39, 0.29) is 17.4 Å². The van der Waals surface area contributed by atoms with Crippen molar-refractivity contribution in [3.63, 3.8) is 0 Å². The van der Waals surface area contributed by atoms with Crippen LogP contribution in [0.1, 0.15) is 92.8 Å². The molecule has 0 saturated heterocycles. The van der Waals surface area contributed by atoms with Gasteiger partial charge in [-0.3, -0.25) is 0 Å². The van der Waals surface area contributed by atoms with E-state index in [0.29, 0.717) is 17.2 Å². The number of alkyl halides is 1. The molecule has 1 heterocycles. The highest BCUT2D eigenvalue weighted by atomic mass is 32.1. The summed E-state index contributed by atoms with van der Waals surface area (Å²) < 4.78 is 14.5. The van der Waals surface area contributed by atoms with Crippen LogP contribution in [0.15, 0.2) is 11.4 Å². The van der Waals surface area contributed by atoms with E-state index in [9.17, 15) is 19.4 Å². The summed E-state index contributed by atoms with van der Waals surface area (Å²) in [7, 11) is 0. The monoisotopic (exact) mass is 410 g/mol. The normalized spacial score (nSPS) is 27.5. The van der Waals surface area contributed by atoms with Crippen molar-refractivity contribution in [2.45, 2.75) is 96.2 Å². The Morgan fingerprint density at radius 1 is 1.32 bits per heavy atom. The molecule has 2 saturated carbocycles. The number of carboxylic acids is 1. The van der Waals surface area contributed by atoms with Crippen molar-refractivity contribution in [2.75, 3.05) is 0 Å². The van der Waals surface area contributed by atoms with Gasteiger partial charge in [-0.25, -0.2) is 9.18 Å². The summed E-state index contributed by atoms with van der Waals surface area (Å²) in [6.45, 7) is 2.18. The standard InChI is InChI=1S/C23H35FO3S/c1-2-23(13-5-14-23)20(25)9-4-8-18-16(10-11-19(18)24)6-3-7-17-12-15-28-21(17)22(26)27/h12,15-16,18-20,25H,2-11,13-14H2,1H3,(H,26,27)/t16-,18+,19+,20?/m0/s1. The summed E-state index contributed by atoms with van der Waals surface area (Å²) >= 11 is 1.28. The van der Waals surface area contributed by atoms with Gasteiger partial charge in [0.25, 0.3) is 0 Å². The molecule has 4 atom stereocenters. The number of hydrogen-bond donors (Lipinski definition) is 2. The van der Waals surface area contributed by atoms with Crippen molar-refractivity contribution >= 4 is 17.3 Å². The number of aryl methyl sites for hydroxylation is 1. The Kier molecular flexibility index (Phi) is 7.54. The minimum absolute atomic E-state index is 0.118. The van der Waals surface area contributed by atoms with Gasteiger partial charge in [-0.2, -0.15) is 0 Å². The SMILES string of the molecule is CCC1(C(O)CCC[C@@H]2[C@@H](CCCc3ccsc3C(=O)O)CC[C@H]2F)CCC1. The van der Waals surface area contributed by atoms with E-state index in [1.807, 2.05) is 11.4 Å². The first-order valence-corrected chi connectivity index (χ1v) is 12.0. The molecule has 0 bridgehead atoms. The molecule has 1 unspecified atom stereocenters. The maximum Gasteiger partial charge on any atom is 0.346 e. The Balaban J connectivity index is 1.43. The zero-order chi connectivity index (χ0) is 20.1. The van der Waals surface area contributed by atoms with Crippen LogP contribution in [-0.4, -0.2) is 28.5 Å². The first-order valence-electron chi connectivity index (χ1n) is 11.1. The summed E-state index contributed by atoms with van der Waals surface area (Å²) in [6, 6.07) is 1.91. The van der Waals surface area contributed by atoms with E-state index in [1.165, 1.54) is 17.8 Å². The van der Waals surface area contributed by atoms with Gasteiger partial charge in [0.05, 0.1) is 6.10 Å². The van der Waals surface area contributed by atoms with Gasteiger partial charge in [0.2, 0.25) is 0 Å². The second-order valence-electron chi connectivity index (χ2n) is 9.01. The number of aromatic carboxylic acids is 1. The van der Waals surface area contributed by atoms with Crippen molar-refractivity contribution in [1.29, 1.82) is 0 Å². The molecule has 0 spiro atoms. The highest BCUT2D eigenvalue weighted by molar-refractivity contribution is 7.12. The molecule has 2 N–H and O–H groups in total. The summed E-state index contributed by atoms with van der Waals surface area (Å²) in [6.07, 6.45) is 10.5. The van der Waals surface area contributed by atoms with Crippen molar-refractivity contribution in [3.8, 4) is 0 Å². The lowest BCUT2D eigenvalue weighted by Gasteiger charge is -2.45. The molecule has 2 fully saturated rings. The largest absolute Gasteiger partial charge is 0.477 e. The highest BCUT2D eigenvalue weighted by Crippen LogP contribution is 2.48. The molecule has 1 aromatic heterocycles. The summed E-state index contributed by atoms with van der Waals surface area (Å²) in [5.74, 6) is -0.321. The second-order valence-corrected chi connectivity index (χ2v) is 9.92. The van der Waals surface area contributed by atoms with Crippen LogP contribution in [0.25, 0.3) is 0 Å². The van der Waals surface area contributed by atoms with Gasteiger partial charge in [-0.15, -0.1) is 11.3 Å². The fraction of sp³-hybridized carbons (Fsp3) is 0.783. The number of aliphatic hydroxyl groups excluding tert-OH is 1. The second kappa shape index (κ2) is 9.71. The molecule has 0 amide bonds. The fourth-order valence-electron chi connectivity index (χ4n) is 5.55. The maximum atomic E-state index is 14.5. The van der Waals surface area contributed by atoms with Crippen LogP contribution in [0, 0.1) is 17.3 Å². The Labute approximate surface area is 172 Å². The third-order valence-corrected chi connectivity index (χ3v) is 8.57. The number of carbonyl (C=O) groups is 1. The summed E-state index contributed by atoms with van der Waals surface area (Å²) in [5.41, 5.74) is 1.06. The molecular weight excluding hydrogens is 375 g/mol. The lowest BCUT2D eigenvalue weighted by Crippen LogP contribution is -2.40. The van der Waals surface area contributed by atoms with Gasteiger partial charge < -0.3 is 10.2 Å². The fourth-order valence-corrected chi connectivity index (χ4v) is 6.34. The first kappa shape index (κ1) is 21.8. The Bertz CT molecular complexity index is 634. The molecule has 158 valence electrons. The van der Waals surface area contributed by atoms with E-state index >= 15 is 0 Å². The zero-order valence-electron chi connectivity index (χ0n) is 17.0. The van der Waals surface area contributed by atoms with Crippen LogP contribution in [-0.2, 0) is 6.42 Å². The van der Waals surface area contributed by atoms with Crippen molar-refractivity contribution < 1.29 is 19.4 Å². The molecule has 3 nitrogen and oxygen atoms in total. The molecule has 5 heteroatoms. The summed E-state index contributed by atoms with van der Waals surface area (Å²) in [4.78, 5) is 11.7. The Morgan fingerprint density at radius 2 is 2.11 bits per heavy atom. The third-order valence-electron chi connectivity index (χ3n) is 7.62. The van der Waals surface area contributed by atoms with E-state index in [4.69, 9.17) is 0 Å². The van der Waals surface area contributed by atoms with Gasteiger partial charge in [0.15, 0.2) is 0 Å². The number of halogens is 1. The van der Waals surface area contributed by atoms with Crippen molar-refractivity contribution in [2.24, 2.45) is 17.3 Å². The van der Waals surface area contributed by atoms with Gasteiger partial charge in [0.1, 0.15) is 11.0 Å². The average molecular weight is 411 g/mol. The average Bonchev–Trinajstić information content (AvgIpc) is 3.23. The van der Waals surface area contributed by atoms with Crippen LogP contribution in [0.3, 0.4) is 0 Å². The molecule has 28 heavy (non-hydrogen) atoms. The van der Waals surface area contributed by atoms with Crippen LogP contribution < -0.4 is 0 Å². The number of carboxylic acid groups (broad SMARTS) is 1. The zero-order valence-corrected chi connectivity index (χ0v) is 17.9. The summed E-state index contributed by atoms with van der Waals surface area (Å²) in [5, 5.41) is 21.7. The molecule has 0 radical (unpaired) electrons. The number of thiophene rings is 1. The molecule has 2 aliphatic carbocycles. The van der Waals surface area contributed by atoms with Gasteiger partial charge in [0, 0.05) is 0 Å². The third kappa shape index (κ3) is 4.79. The smallest absolute Gasteiger partial charge is 0.346 e. The van der Waals surface area contributed by atoms with E-state index in [2.05, 4.69) is 6.92 Å². The van der Waals surface area contributed by atoms with Crippen LogP contribution in [0.2, 0.25) is 0 Å². The van der Waals surface area contributed by atoms with Crippen molar-refractivity contribution in [3.05, 3.63) is 21.9 Å². The molecule has 2 aliphatic rings. The van der Waals surface area contributed by atoms with Gasteiger partial charge in [-0.05, 0) is 98.5 Å². The molecule has 0 aromatic carbocycles. The van der Waals surface area contributed by atoms with E-state index < -0.39 is 12.1 Å². The Hall–Kier alpha value is -0.940. The van der Waals surface area contributed by atoms with E-state index in [1.54, 1.807) is 0 Å². The minimum Gasteiger partial charge on any atom is -0.477 e. The maximum absolute atomic E-state index is 14.5. The number of rotatable bonds is 11. The first-order chi connectivity index (χ1) is 13.5. The van der Waals surface area contributed by atoms with Crippen molar-refractivity contribution in [1.82, 2.24) is 0 Å². The minimum atomic E-state index is -0.845. The highest BCUT2D eigenvalue weighted by Gasteiger charge is 2.42. The van der Waals surface area contributed by atoms with Gasteiger partial charge in [-0.1, -0.05) is 19.8 Å². The van der Waals surface area contributed by atoms with E-state index in [0.717, 1.165) is 69.8 Å². The van der Waals surface area contributed by atoms with Crippen LogP contribution in [0.5, 0.6) is 0 Å². The lowest BCUT2D eigenvalue weighted by atomic mass is 9.62.